The van der Waals surface area contributed by atoms with Crippen molar-refractivity contribution in [3.05, 3.63) is 30.1 Å². The monoisotopic (exact) mass is 333 g/mol. The fourth-order valence-electron chi connectivity index (χ4n) is 3.62. The first-order valence-corrected chi connectivity index (χ1v) is 9.14. The molecule has 2 aliphatic heterocycles. The maximum Gasteiger partial charge on any atom is 0.105 e. The van der Waals surface area contributed by atoms with Gasteiger partial charge in [0.2, 0.25) is 0 Å². The SMILES string of the molecule is CC(C)N(C)C[C@H]1CC[C@@]2(COCCN(Cc3ccccn3)C2)O1. The highest BCUT2D eigenvalue weighted by Crippen LogP contribution is 2.33. The largest absolute Gasteiger partial charge is 0.377 e. The van der Waals surface area contributed by atoms with Gasteiger partial charge in [0, 0.05) is 38.4 Å². The molecule has 0 N–H and O–H groups in total. The van der Waals surface area contributed by atoms with Gasteiger partial charge in [-0.15, -0.1) is 0 Å². The number of aromatic nitrogens is 1. The summed E-state index contributed by atoms with van der Waals surface area (Å²) >= 11 is 0. The molecule has 2 aliphatic rings. The van der Waals surface area contributed by atoms with Gasteiger partial charge in [-0.3, -0.25) is 9.88 Å². The van der Waals surface area contributed by atoms with Crippen molar-refractivity contribution in [1.29, 1.82) is 0 Å². The molecule has 1 aromatic rings. The van der Waals surface area contributed by atoms with Crippen LogP contribution in [0, 0.1) is 0 Å². The molecular formula is C19H31N3O2. The van der Waals surface area contributed by atoms with Crippen LogP contribution in [0.15, 0.2) is 24.4 Å². The number of rotatable bonds is 5. The van der Waals surface area contributed by atoms with E-state index in [4.69, 9.17) is 9.47 Å². The Bertz CT molecular complexity index is 511. The van der Waals surface area contributed by atoms with Crippen molar-refractivity contribution in [2.45, 2.75) is 51.0 Å². The van der Waals surface area contributed by atoms with Gasteiger partial charge in [0.25, 0.3) is 0 Å². The molecule has 0 aliphatic carbocycles. The molecule has 1 aromatic heterocycles. The number of hydrogen-bond donors (Lipinski definition) is 0. The summed E-state index contributed by atoms with van der Waals surface area (Å²) in [6.45, 7) is 9.69. The van der Waals surface area contributed by atoms with Crippen LogP contribution in [-0.4, -0.2) is 72.4 Å². The molecule has 5 heteroatoms. The van der Waals surface area contributed by atoms with E-state index in [-0.39, 0.29) is 5.60 Å². The number of hydrogen-bond acceptors (Lipinski definition) is 5. The molecule has 0 unspecified atom stereocenters. The van der Waals surface area contributed by atoms with Crippen LogP contribution in [0.5, 0.6) is 0 Å². The number of nitrogens with zero attached hydrogens (tertiary/aromatic N) is 3. The second-order valence-corrected chi connectivity index (χ2v) is 7.58. The lowest BCUT2D eigenvalue weighted by atomic mass is 10.00. The summed E-state index contributed by atoms with van der Waals surface area (Å²) in [7, 11) is 2.18. The minimum atomic E-state index is -0.145. The Hall–Kier alpha value is -1.01. The minimum Gasteiger partial charge on any atom is -0.377 e. The molecule has 3 heterocycles. The lowest BCUT2D eigenvalue weighted by Crippen LogP contribution is -2.45. The van der Waals surface area contributed by atoms with Crippen LogP contribution in [0.2, 0.25) is 0 Å². The zero-order chi connectivity index (χ0) is 17.0. The summed E-state index contributed by atoms with van der Waals surface area (Å²) in [5, 5.41) is 0. The maximum atomic E-state index is 6.53. The molecule has 0 bridgehead atoms. The van der Waals surface area contributed by atoms with E-state index in [2.05, 4.69) is 47.8 Å². The first-order valence-electron chi connectivity index (χ1n) is 9.14. The van der Waals surface area contributed by atoms with Crippen molar-refractivity contribution in [2.24, 2.45) is 0 Å². The molecule has 0 saturated carbocycles. The first-order chi connectivity index (χ1) is 11.6. The van der Waals surface area contributed by atoms with Crippen LogP contribution in [-0.2, 0) is 16.0 Å². The van der Waals surface area contributed by atoms with Crippen LogP contribution < -0.4 is 0 Å². The minimum absolute atomic E-state index is 0.145. The van der Waals surface area contributed by atoms with E-state index in [9.17, 15) is 0 Å². The Balaban J connectivity index is 1.60. The molecule has 3 rings (SSSR count). The van der Waals surface area contributed by atoms with E-state index in [1.54, 1.807) is 0 Å². The van der Waals surface area contributed by atoms with Gasteiger partial charge < -0.3 is 14.4 Å². The predicted octanol–water partition coefficient (Wildman–Crippen LogP) is 2.17. The van der Waals surface area contributed by atoms with Gasteiger partial charge in [0.15, 0.2) is 0 Å². The standard InChI is InChI=1S/C19H31N3O2/c1-16(2)21(3)13-18-7-8-19(24-18)14-22(10-11-23-15-19)12-17-6-4-5-9-20-17/h4-6,9,16,18H,7-8,10-15H2,1-3H3/t18-,19-/m1/s1. The van der Waals surface area contributed by atoms with Crippen LogP contribution >= 0.6 is 0 Å². The average molecular weight is 333 g/mol. The number of likely N-dealkylation sites (N-methyl/N-ethyl adjacent to an activating group) is 1. The molecule has 2 atom stereocenters. The molecule has 24 heavy (non-hydrogen) atoms. The normalized spacial score (nSPS) is 28.8. The van der Waals surface area contributed by atoms with E-state index in [0.29, 0.717) is 18.8 Å². The fourth-order valence-corrected chi connectivity index (χ4v) is 3.62. The summed E-state index contributed by atoms with van der Waals surface area (Å²) in [6, 6.07) is 6.66. The van der Waals surface area contributed by atoms with Crippen LogP contribution in [0.25, 0.3) is 0 Å². The Labute approximate surface area is 145 Å². The highest BCUT2D eigenvalue weighted by atomic mass is 16.6. The average Bonchev–Trinajstić information content (AvgIpc) is 2.83. The Morgan fingerprint density at radius 1 is 1.42 bits per heavy atom. The lowest BCUT2D eigenvalue weighted by Gasteiger charge is -2.33. The van der Waals surface area contributed by atoms with E-state index < -0.39 is 0 Å². The third-order valence-electron chi connectivity index (χ3n) is 5.25. The van der Waals surface area contributed by atoms with Crippen LogP contribution in [0.4, 0.5) is 0 Å². The zero-order valence-electron chi connectivity index (χ0n) is 15.3. The van der Waals surface area contributed by atoms with Crippen molar-refractivity contribution in [2.75, 3.05) is 39.9 Å². The Morgan fingerprint density at radius 3 is 3.04 bits per heavy atom. The summed E-state index contributed by atoms with van der Waals surface area (Å²) in [5.41, 5.74) is 0.969. The zero-order valence-corrected chi connectivity index (χ0v) is 15.3. The van der Waals surface area contributed by atoms with Crippen LogP contribution in [0.1, 0.15) is 32.4 Å². The van der Waals surface area contributed by atoms with Crippen molar-refractivity contribution >= 4 is 0 Å². The van der Waals surface area contributed by atoms with Gasteiger partial charge >= 0.3 is 0 Å². The van der Waals surface area contributed by atoms with E-state index in [1.165, 1.54) is 0 Å². The maximum absolute atomic E-state index is 6.53. The number of ether oxygens (including phenoxy) is 2. The van der Waals surface area contributed by atoms with Crippen molar-refractivity contribution < 1.29 is 9.47 Å². The number of pyridine rings is 1. The second-order valence-electron chi connectivity index (χ2n) is 7.58. The smallest absolute Gasteiger partial charge is 0.105 e. The Morgan fingerprint density at radius 2 is 2.29 bits per heavy atom. The van der Waals surface area contributed by atoms with E-state index >= 15 is 0 Å². The highest BCUT2D eigenvalue weighted by Gasteiger charge is 2.43. The fraction of sp³-hybridized carbons (Fsp3) is 0.737. The third kappa shape index (κ3) is 4.54. The summed E-state index contributed by atoms with van der Waals surface area (Å²) < 4.78 is 12.4. The van der Waals surface area contributed by atoms with Crippen molar-refractivity contribution in [3.63, 3.8) is 0 Å². The summed E-state index contributed by atoms with van der Waals surface area (Å²) in [4.78, 5) is 9.26. The molecule has 134 valence electrons. The molecule has 0 radical (unpaired) electrons. The van der Waals surface area contributed by atoms with Gasteiger partial charge in [0.05, 0.1) is 25.0 Å². The van der Waals surface area contributed by atoms with Gasteiger partial charge in [-0.1, -0.05) is 6.07 Å². The molecule has 2 saturated heterocycles. The lowest BCUT2D eigenvalue weighted by molar-refractivity contribution is -0.0925. The molecule has 5 nitrogen and oxygen atoms in total. The molecule has 0 aromatic carbocycles. The van der Waals surface area contributed by atoms with Gasteiger partial charge in [-0.05, 0) is 45.9 Å². The molecule has 2 fully saturated rings. The first kappa shape index (κ1) is 17.8. The van der Waals surface area contributed by atoms with Gasteiger partial charge in [-0.2, -0.15) is 0 Å². The van der Waals surface area contributed by atoms with Crippen molar-refractivity contribution in [1.82, 2.24) is 14.8 Å². The highest BCUT2D eigenvalue weighted by molar-refractivity contribution is 5.04. The second kappa shape index (κ2) is 7.91. The van der Waals surface area contributed by atoms with Crippen molar-refractivity contribution in [3.8, 4) is 0 Å². The predicted molar refractivity (Wildman–Crippen MR) is 94.9 cm³/mol. The third-order valence-corrected chi connectivity index (χ3v) is 5.25. The molecule has 1 spiro atoms. The summed E-state index contributed by atoms with van der Waals surface area (Å²) in [5.74, 6) is 0. The van der Waals surface area contributed by atoms with E-state index in [1.807, 2.05) is 12.3 Å². The topological polar surface area (TPSA) is 37.8 Å². The molecular weight excluding hydrogens is 302 g/mol. The quantitative estimate of drug-likeness (QED) is 0.826. The van der Waals surface area contributed by atoms with E-state index in [0.717, 1.165) is 51.3 Å². The van der Waals surface area contributed by atoms with Gasteiger partial charge in [0.1, 0.15) is 5.60 Å². The molecule has 0 amide bonds. The summed E-state index contributed by atoms with van der Waals surface area (Å²) in [6.07, 6.45) is 4.39. The Kier molecular flexibility index (Phi) is 5.87. The van der Waals surface area contributed by atoms with Gasteiger partial charge in [-0.25, -0.2) is 0 Å². The van der Waals surface area contributed by atoms with Crippen LogP contribution in [0.3, 0.4) is 0 Å².